The van der Waals surface area contributed by atoms with Crippen LogP contribution >= 0.6 is 0 Å². The Morgan fingerprint density at radius 1 is 0.792 bits per heavy atom. The second-order valence-corrected chi connectivity index (χ2v) is 12.9. The third-order valence-electron chi connectivity index (χ3n) is 8.00. The number of esters is 1. The zero-order valence-corrected chi connectivity index (χ0v) is 30.8. The Morgan fingerprint density at radius 2 is 1.38 bits per heavy atom. The molecule has 1 fully saturated rings. The summed E-state index contributed by atoms with van der Waals surface area (Å²) in [5, 5.41) is 2.92. The van der Waals surface area contributed by atoms with E-state index in [0.717, 1.165) is 0 Å². The van der Waals surface area contributed by atoms with Crippen LogP contribution in [0.3, 0.4) is 0 Å². The van der Waals surface area contributed by atoms with Crippen LogP contribution in [0, 0.1) is 5.82 Å². The third-order valence-corrected chi connectivity index (χ3v) is 8.00. The molecule has 14 nitrogen and oxygen atoms in total. The number of ketones is 1. The van der Waals surface area contributed by atoms with Crippen LogP contribution in [-0.2, 0) is 18.9 Å². The van der Waals surface area contributed by atoms with Crippen LogP contribution in [0.25, 0.3) is 0 Å². The lowest BCUT2D eigenvalue weighted by Gasteiger charge is -2.30. The van der Waals surface area contributed by atoms with Gasteiger partial charge in [0.15, 0.2) is 42.4 Å². The molecule has 53 heavy (non-hydrogen) atoms. The minimum Gasteiger partial charge on any atom is -0.494 e. The van der Waals surface area contributed by atoms with Gasteiger partial charge in [0.05, 0.1) is 25.8 Å². The van der Waals surface area contributed by atoms with Gasteiger partial charge in [0.25, 0.3) is 5.91 Å². The second-order valence-electron chi connectivity index (χ2n) is 12.9. The van der Waals surface area contributed by atoms with E-state index in [1.165, 1.54) is 75.8 Å². The Morgan fingerprint density at radius 3 is 2.00 bits per heavy atom. The molecule has 286 valence electrons. The van der Waals surface area contributed by atoms with Crippen LogP contribution in [0.1, 0.15) is 70.3 Å². The van der Waals surface area contributed by atoms with E-state index in [2.05, 4.69) is 5.32 Å². The number of rotatable bonds is 14. The van der Waals surface area contributed by atoms with Gasteiger partial charge in [-0.05, 0) is 76.1 Å². The number of carbonyl (C=O) groups is 4. The number of nitrogens with one attached hydrogen (secondary N) is 1. The zero-order valence-electron chi connectivity index (χ0n) is 30.8. The molecule has 1 aliphatic heterocycles. The second kappa shape index (κ2) is 18.4. The first-order valence-corrected chi connectivity index (χ1v) is 16.7. The lowest BCUT2D eigenvalue weighted by atomic mass is 10.00. The Labute approximate surface area is 307 Å². The van der Waals surface area contributed by atoms with Crippen molar-refractivity contribution in [2.45, 2.75) is 51.4 Å². The Balaban J connectivity index is 1.57. The first kappa shape index (κ1) is 40.4. The molecule has 0 unspecified atom stereocenters. The van der Waals surface area contributed by atoms with E-state index < -0.39 is 47.3 Å². The average molecular weight is 741 g/mol. The fourth-order valence-electron chi connectivity index (χ4n) is 5.46. The van der Waals surface area contributed by atoms with Crippen molar-refractivity contribution >= 4 is 23.8 Å². The molecule has 0 saturated carbocycles. The Bertz CT molecular complexity index is 1760. The number of likely N-dealkylation sites (tertiary alicyclic amines) is 1. The van der Waals surface area contributed by atoms with Crippen LogP contribution in [-0.4, -0.2) is 102 Å². The van der Waals surface area contributed by atoms with Crippen LogP contribution < -0.4 is 24.3 Å². The van der Waals surface area contributed by atoms with Crippen molar-refractivity contribution in [1.29, 1.82) is 0 Å². The van der Waals surface area contributed by atoms with Crippen LogP contribution in [0.15, 0.2) is 54.6 Å². The largest absolute Gasteiger partial charge is 0.494 e. The quantitative estimate of drug-likeness (QED) is 0.128. The molecule has 1 saturated heterocycles. The molecule has 3 aromatic rings. The number of nitrogens with zero attached hydrogens (tertiary/aromatic N) is 1. The summed E-state index contributed by atoms with van der Waals surface area (Å²) < 4.78 is 58.0. The van der Waals surface area contributed by atoms with Gasteiger partial charge in [0.2, 0.25) is 0 Å². The van der Waals surface area contributed by atoms with Crippen molar-refractivity contribution in [3.63, 3.8) is 0 Å². The van der Waals surface area contributed by atoms with Gasteiger partial charge in [-0.2, -0.15) is 0 Å². The number of amides is 2. The molecular formula is C38H45FN2O12. The molecule has 3 aromatic carbocycles. The highest BCUT2D eigenvalue weighted by Gasteiger charge is 2.35. The highest BCUT2D eigenvalue weighted by atomic mass is 19.1. The monoisotopic (exact) mass is 740 g/mol. The van der Waals surface area contributed by atoms with E-state index in [9.17, 15) is 19.2 Å². The van der Waals surface area contributed by atoms with Gasteiger partial charge in [0, 0.05) is 38.4 Å². The fraction of sp³-hybridized carbons (Fsp3) is 0.421. The van der Waals surface area contributed by atoms with Crippen LogP contribution in [0.2, 0.25) is 0 Å². The van der Waals surface area contributed by atoms with E-state index in [-0.39, 0.29) is 53.9 Å². The molecule has 2 amide bonds. The summed E-state index contributed by atoms with van der Waals surface area (Å²) in [5.74, 6) is -2.41. The van der Waals surface area contributed by atoms with E-state index in [1.807, 2.05) is 0 Å². The fourth-order valence-corrected chi connectivity index (χ4v) is 5.46. The Hall–Kier alpha value is -5.41. The molecule has 4 rings (SSSR count). The summed E-state index contributed by atoms with van der Waals surface area (Å²) >= 11 is 0. The summed E-state index contributed by atoms with van der Waals surface area (Å²) in [7, 11) is 5.57. The molecule has 2 atom stereocenters. The number of ether oxygens (including phenoxy) is 8. The van der Waals surface area contributed by atoms with Gasteiger partial charge in [0.1, 0.15) is 23.0 Å². The third kappa shape index (κ3) is 10.6. The van der Waals surface area contributed by atoms with Gasteiger partial charge in [-0.15, -0.1) is 0 Å². The van der Waals surface area contributed by atoms with Gasteiger partial charge < -0.3 is 48.1 Å². The number of halogens is 1. The van der Waals surface area contributed by atoms with Gasteiger partial charge >= 0.3 is 12.1 Å². The van der Waals surface area contributed by atoms with E-state index in [1.54, 1.807) is 32.9 Å². The standard InChI is InChI=1S/C38H45FN2O12/c1-38(2,3)53-37(45)41-18-8-9-27(26(20-41)40-35(43)25-14-15-28(50-21-46-4)31(19-25)49-7)52-36(44)24-12-10-23(11-13-24)34(42)32-29(51-22-47-5)16-17-30(48-6)33(32)39/h10-17,19,26-27H,8-9,18,20-22H2,1-7H3,(H,40,43)/t26-,27-/m1/s1. The molecule has 1 aliphatic rings. The number of benzene rings is 3. The molecule has 0 radical (unpaired) electrons. The zero-order chi connectivity index (χ0) is 38.7. The van der Waals surface area contributed by atoms with Crippen molar-refractivity contribution in [2.24, 2.45) is 0 Å². The first-order valence-electron chi connectivity index (χ1n) is 16.7. The lowest BCUT2D eigenvalue weighted by Crippen LogP contribution is -2.51. The molecule has 0 aliphatic carbocycles. The Kier molecular flexibility index (Phi) is 14.0. The first-order chi connectivity index (χ1) is 25.3. The van der Waals surface area contributed by atoms with Crippen molar-refractivity contribution in [3.8, 4) is 23.0 Å². The summed E-state index contributed by atoms with van der Waals surface area (Å²) in [6.07, 6.45) is -0.694. The van der Waals surface area contributed by atoms with Gasteiger partial charge in [-0.1, -0.05) is 12.1 Å². The molecule has 0 bridgehead atoms. The summed E-state index contributed by atoms with van der Waals surface area (Å²) in [5.41, 5.74) is -0.732. The van der Waals surface area contributed by atoms with E-state index in [0.29, 0.717) is 30.9 Å². The molecule has 1 N–H and O–H groups in total. The normalized spacial score (nSPS) is 15.8. The van der Waals surface area contributed by atoms with Crippen molar-refractivity contribution < 1.29 is 61.5 Å². The summed E-state index contributed by atoms with van der Waals surface area (Å²) in [6, 6.07) is 12.0. The highest BCUT2D eigenvalue weighted by Crippen LogP contribution is 2.32. The molecule has 15 heteroatoms. The van der Waals surface area contributed by atoms with Crippen molar-refractivity contribution in [1.82, 2.24) is 10.2 Å². The van der Waals surface area contributed by atoms with E-state index >= 15 is 4.39 Å². The molecular weight excluding hydrogens is 695 g/mol. The minimum atomic E-state index is -0.912. The predicted octanol–water partition coefficient (Wildman–Crippen LogP) is 5.39. The van der Waals surface area contributed by atoms with Crippen molar-refractivity contribution in [3.05, 3.63) is 82.7 Å². The highest BCUT2D eigenvalue weighted by molar-refractivity contribution is 6.11. The minimum absolute atomic E-state index is 0.0161. The van der Waals surface area contributed by atoms with Crippen LogP contribution in [0.4, 0.5) is 9.18 Å². The van der Waals surface area contributed by atoms with Crippen molar-refractivity contribution in [2.75, 3.05) is 55.1 Å². The number of methoxy groups -OCH3 is 4. The number of hydrogen-bond donors (Lipinski definition) is 1. The van der Waals surface area contributed by atoms with Gasteiger partial charge in [-0.25, -0.2) is 14.0 Å². The van der Waals surface area contributed by atoms with Gasteiger partial charge in [-0.3, -0.25) is 9.59 Å². The molecule has 0 aromatic heterocycles. The topological polar surface area (TPSA) is 157 Å². The van der Waals surface area contributed by atoms with E-state index in [4.69, 9.17) is 37.9 Å². The summed E-state index contributed by atoms with van der Waals surface area (Å²) in [6.45, 7) is 5.28. The van der Waals surface area contributed by atoms with Crippen LogP contribution in [0.5, 0.6) is 23.0 Å². The molecule has 0 spiro atoms. The maximum Gasteiger partial charge on any atom is 0.410 e. The SMILES string of the molecule is COCOc1ccc(C(=O)N[C@@H]2CN(C(=O)OC(C)(C)C)CCC[C@H]2OC(=O)c2ccc(C(=O)c3c(OCOC)ccc(OC)c3F)cc2)cc1OC. The summed E-state index contributed by atoms with van der Waals surface area (Å²) in [4.78, 5) is 55.2. The lowest BCUT2D eigenvalue weighted by molar-refractivity contribution is 0.0127. The molecule has 1 heterocycles. The number of hydrogen-bond acceptors (Lipinski definition) is 12. The average Bonchev–Trinajstić information content (AvgIpc) is 3.33. The number of carbonyl (C=O) groups excluding carboxylic acids is 4. The predicted molar refractivity (Wildman–Crippen MR) is 188 cm³/mol. The smallest absolute Gasteiger partial charge is 0.410 e. The maximum absolute atomic E-state index is 15.3. The maximum atomic E-state index is 15.3.